The zero-order chi connectivity index (χ0) is 24.1. The molecule has 1 heterocycles. The lowest BCUT2D eigenvalue weighted by atomic mass is 10.1. The third kappa shape index (κ3) is 5.12. The highest BCUT2D eigenvalue weighted by molar-refractivity contribution is 7.86. The number of anilines is 2. The van der Waals surface area contributed by atoms with Crippen LogP contribution >= 0.6 is 0 Å². The molecule has 1 N–H and O–H groups in total. The molecule has 1 aliphatic heterocycles. The monoisotopic (exact) mass is 478 g/mol. The summed E-state index contributed by atoms with van der Waals surface area (Å²) in [5.74, 6) is 0.449. The number of hydrogen-bond donors (Lipinski definition) is 1. The Balaban J connectivity index is 1.65. The van der Waals surface area contributed by atoms with Gasteiger partial charge in [-0.15, -0.1) is 0 Å². The topological polar surface area (TPSA) is 84.9 Å². The van der Waals surface area contributed by atoms with Crippen molar-refractivity contribution in [2.45, 2.75) is 25.3 Å². The van der Waals surface area contributed by atoms with E-state index in [0.29, 0.717) is 53.1 Å². The first-order valence-corrected chi connectivity index (χ1v) is 12.4. The fourth-order valence-electron chi connectivity index (χ4n) is 3.74. The number of rotatable bonds is 8. The molecule has 0 spiro atoms. The maximum atomic E-state index is 13.2. The summed E-state index contributed by atoms with van der Waals surface area (Å²) in [5.41, 5.74) is 2.25. The highest BCUT2D eigenvalue weighted by Gasteiger charge is 2.30. The van der Waals surface area contributed by atoms with Crippen LogP contribution in [-0.2, 0) is 22.1 Å². The second-order valence-corrected chi connectivity index (χ2v) is 9.04. The standard InChI is InChI=1S/C26H26N2O5S/c1-3-32-20-11-12-23(33-4-2)21(15-20)27-26(30)19-10-13-24-22(14-19)28(25(29)17-34(24)31)16-18-8-6-5-7-9-18/h5-15H,3-4,16-17H2,1-2H3,(H,27,30)/t34-/m0/s1. The van der Waals surface area contributed by atoms with Gasteiger partial charge >= 0.3 is 0 Å². The molecule has 34 heavy (non-hydrogen) atoms. The maximum Gasteiger partial charge on any atom is 0.255 e. The van der Waals surface area contributed by atoms with Gasteiger partial charge in [0.15, 0.2) is 0 Å². The van der Waals surface area contributed by atoms with Crippen molar-refractivity contribution in [3.63, 3.8) is 0 Å². The van der Waals surface area contributed by atoms with Crippen molar-refractivity contribution in [2.24, 2.45) is 0 Å². The number of carbonyl (C=O) groups excluding carboxylic acids is 2. The summed E-state index contributed by atoms with van der Waals surface area (Å²) in [7, 11) is -1.45. The Morgan fingerprint density at radius 2 is 1.76 bits per heavy atom. The van der Waals surface area contributed by atoms with Crippen molar-refractivity contribution in [1.82, 2.24) is 0 Å². The molecule has 4 rings (SSSR count). The summed E-state index contributed by atoms with van der Waals surface area (Å²) in [5, 5.41) is 2.88. The molecule has 7 nitrogen and oxygen atoms in total. The zero-order valence-corrected chi connectivity index (χ0v) is 19.9. The number of carbonyl (C=O) groups is 2. The van der Waals surface area contributed by atoms with E-state index in [1.165, 1.54) is 0 Å². The minimum atomic E-state index is -1.45. The highest BCUT2D eigenvalue weighted by atomic mass is 32.2. The van der Waals surface area contributed by atoms with Gasteiger partial charge in [0.2, 0.25) is 5.91 Å². The van der Waals surface area contributed by atoms with Crippen molar-refractivity contribution >= 4 is 34.0 Å². The molecule has 0 unspecified atom stereocenters. The molecule has 0 aliphatic carbocycles. The molecule has 176 valence electrons. The Morgan fingerprint density at radius 3 is 2.50 bits per heavy atom. The van der Waals surface area contributed by atoms with E-state index in [2.05, 4.69) is 5.32 Å². The third-order valence-corrected chi connectivity index (χ3v) is 6.65. The molecule has 0 radical (unpaired) electrons. The Labute approximate surface area is 201 Å². The van der Waals surface area contributed by atoms with Crippen LogP contribution in [0.3, 0.4) is 0 Å². The van der Waals surface area contributed by atoms with Gasteiger partial charge in [-0.1, -0.05) is 30.3 Å². The van der Waals surface area contributed by atoms with Gasteiger partial charge in [0.25, 0.3) is 5.91 Å². The number of ether oxygens (including phenoxy) is 2. The van der Waals surface area contributed by atoms with E-state index in [-0.39, 0.29) is 17.6 Å². The molecule has 1 atom stereocenters. The highest BCUT2D eigenvalue weighted by Crippen LogP contribution is 2.33. The summed E-state index contributed by atoms with van der Waals surface area (Å²) in [6, 6.07) is 19.7. The number of nitrogens with one attached hydrogen (secondary N) is 1. The summed E-state index contributed by atoms with van der Waals surface area (Å²) in [6.45, 7) is 5.02. The molecular formula is C26H26N2O5S. The normalized spacial score (nSPS) is 14.9. The molecule has 8 heteroatoms. The zero-order valence-electron chi connectivity index (χ0n) is 19.1. The minimum Gasteiger partial charge on any atom is -0.494 e. The van der Waals surface area contributed by atoms with Crippen LogP contribution in [0.2, 0.25) is 0 Å². The van der Waals surface area contributed by atoms with E-state index in [1.54, 1.807) is 41.3 Å². The quantitative estimate of drug-likeness (QED) is 0.519. The number of hydrogen-bond acceptors (Lipinski definition) is 5. The average molecular weight is 479 g/mol. The van der Waals surface area contributed by atoms with E-state index in [9.17, 15) is 13.8 Å². The SMILES string of the molecule is CCOc1ccc(OCC)c(NC(=O)c2ccc3c(c2)N(Cc2ccccc2)C(=O)C[S@@]3=O)c1. The van der Waals surface area contributed by atoms with Crippen molar-refractivity contribution < 1.29 is 23.3 Å². The Bertz CT molecular complexity index is 1230. The first kappa shape index (κ1) is 23.5. The minimum absolute atomic E-state index is 0.0761. The first-order valence-electron chi connectivity index (χ1n) is 11.1. The van der Waals surface area contributed by atoms with E-state index < -0.39 is 10.8 Å². The van der Waals surface area contributed by atoms with E-state index in [4.69, 9.17) is 9.47 Å². The van der Waals surface area contributed by atoms with E-state index >= 15 is 0 Å². The van der Waals surface area contributed by atoms with Crippen molar-refractivity contribution in [3.05, 3.63) is 77.9 Å². The maximum absolute atomic E-state index is 13.2. The first-order chi connectivity index (χ1) is 16.5. The van der Waals surface area contributed by atoms with Crippen LogP contribution in [0.4, 0.5) is 11.4 Å². The van der Waals surface area contributed by atoms with Crippen LogP contribution in [0.25, 0.3) is 0 Å². The molecule has 1 aliphatic rings. The average Bonchev–Trinajstić information content (AvgIpc) is 2.84. The van der Waals surface area contributed by atoms with Crippen molar-refractivity contribution in [3.8, 4) is 11.5 Å². The third-order valence-electron chi connectivity index (χ3n) is 5.31. The molecule has 0 saturated carbocycles. The number of fused-ring (bicyclic) bond motifs is 1. The van der Waals surface area contributed by atoms with E-state index in [1.807, 2.05) is 44.2 Å². The molecular weight excluding hydrogens is 452 g/mol. The van der Waals surface area contributed by atoms with Gasteiger partial charge in [0.1, 0.15) is 17.3 Å². The van der Waals surface area contributed by atoms with Gasteiger partial charge in [0, 0.05) is 11.6 Å². The molecule has 0 saturated heterocycles. The molecule has 0 fully saturated rings. The summed E-state index contributed by atoms with van der Waals surface area (Å²) >= 11 is 0. The van der Waals surface area contributed by atoms with Crippen LogP contribution in [0, 0.1) is 0 Å². The molecule has 3 aromatic carbocycles. The largest absolute Gasteiger partial charge is 0.494 e. The number of amides is 2. The Hall–Kier alpha value is -3.65. The lowest BCUT2D eigenvalue weighted by Crippen LogP contribution is -2.38. The summed E-state index contributed by atoms with van der Waals surface area (Å²) in [4.78, 5) is 28.1. The lowest BCUT2D eigenvalue weighted by Gasteiger charge is -2.29. The van der Waals surface area contributed by atoms with Gasteiger partial charge in [-0.2, -0.15) is 0 Å². The van der Waals surface area contributed by atoms with Gasteiger partial charge in [-0.25, -0.2) is 0 Å². The van der Waals surface area contributed by atoms with Crippen LogP contribution in [-0.4, -0.2) is 35.0 Å². The van der Waals surface area contributed by atoms with Gasteiger partial charge in [0.05, 0.1) is 46.8 Å². The smallest absolute Gasteiger partial charge is 0.255 e. The van der Waals surface area contributed by atoms with Crippen LogP contribution in [0.5, 0.6) is 11.5 Å². The number of benzene rings is 3. The summed E-state index contributed by atoms with van der Waals surface area (Å²) < 4.78 is 23.8. The Kier molecular flexibility index (Phi) is 7.27. The van der Waals surface area contributed by atoms with Crippen LogP contribution in [0.1, 0.15) is 29.8 Å². The summed E-state index contributed by atoms with van der Waals surface area (Å²) in [6.07, 6.45) is 0. The van der Waals surface area contributed by atoms with Crippen molar-refractivity contribution in [2.75, 3.05) is 29.2 Å². The van der Waals surface area contributed by atoms with Gasteiger partial charge in [-0.3, -0.25) is 13.8 Å². The lowest BCUT2D eigenvalue weighted by molar-refractivity contribution is -0.116. The molecule has 3 aromatic rings. The molecule has 0 bridgehead atoms. The molecule has 2 amide bonds. The predicted molar refractivity (Wildman–Crippen MR) is 132 cm³/mol. The fraction of sp³-hybridized carbons (Fsp3) is 0.231. The Morgan fingerprint density at radius 1 is 1.00 bits per heavy atom. The van der Waals surface area contributed by atoms with Gasteiger partial charge < -0.3 is 19.7 Å². The molecule has 0 aromatic heterocycles. The van der Waals surface area contributed by atoms with Crippen molar-refractivity contribution in [1.29, 1.82) is 0 Å². The van der Waals surface area contributed by atoms with Crippen LogP contribution in [0.15, 0.2) is 71.6 Å². The second-order valence-electron chi connectivity index (χ2n) is 7.62. The van der Waals surface area contributed by atoms with Gasteiger partial charge in [-0.05, 0) is 49.7 Å². The fourth-order valence-corrected chi connectivity index (χ4v) is 4.90. The predicted octanol–water partition coefficient (Wildman–Crippen LogP) is 4.39. The second kappa shape index (κ2) is 10.5. The van der Waals surface area contributed by atoms with E-state index in [0.717, 1.165) is 5.56 Å². The number of nitrogens with zero attached hydrogens (tertiary/aromatic N) is 1. The van der Waals surface area contributed by atoms with Crippen LogP contribution < -0.4 is 19.7 Å².